The average Bonchev–Trinajstić information content (AvgIpc) is 3.19. The summed E-state index contributed by atoms with van der Waals surface area (Å²) in [5, 5.41) is 9.64. The number of hydrogen-bond acceptors (Lipinski definition) is 4. The van der Waals surface area contributed by atoms with Crippen molar-refractivity contribution in [2.45, 2.75) is 120 Å². The van der Waals surface area contributed by atoms with Crippen LogP contribution in [0, 0.1) is 17.8 Å². The molecular formula is C34H50N4O. The van der Waals surface area contributed by atoms with E-state index >= 15 is 0 Å². The molecule has 212 valence electrons. The van der Waals surface area contributed by atoms with Gasteiger partial charge in [0, 0.05) is 30.6 Å². The smallest absolute Gasteiger partial charge is 0.110 e. The number of imidazole rings is 1. The summed E-state index contributed by atoms with van der Waals surface area (Å²) in [6.45, 7) is 6.42. The number of likely N-dealkylation sites (tertiary alicyclic amines) is 1. The second kappa shape index (κ2) is 11.2. The quantitative estimate of drug-likeness (QED) is 0.399. The summed E-state index contributed by atoms with van der Waals surface area (Å²) in [7, 11) is 0. The SMILES string of the molecule is C=C(O)CN1CCC(Cc2nc3ccccc3n2[C@H]2C[C@H]3CCC[C@@H](C2)N3[C@@H]2C[C@@H]3CCCC[C@@H](C3)C2)CC1. The molecular weight excluding hydrogens is 480 g/mol. The van der Waals surface area contributed by atoms with Crippen molar-refractivity contribution < 1.29 is 5.11 Å². The monoisotopic (exact) mass is 530 g/mol. The molecule has 1 aromatic carbocycles. The zero-order valence-corrected chi connectivity index (χ0v) is 24.0. The van der Waals surface area contributed by atoms with E-state index in [1.54, 1.807) is 0 Å². The maximum atomic E-state index is 9.64. The molecule has 0 amide bonds. The van der Waals surface area contributed by atoms with Gasteiger partial charge in [0.15, 0.2) is 0 Å². The predicted molar refractivity (Wildman–Crippen MR) is 159 cm³/mol. The summed E-state index contributed by atoms with van der Waals surface area (Å²) in [4.78, 5) is 10.7. The van der Waals surface area contributed by atoms with Crippen LogP contribution in [0.5, 0.6) is 0 Å². The summed E-state index contributed by atoms with van der Waals surface area (Å²) in [5.41, 5.74) is 2.55. The van der Waals surface area contributed by atoms with Crippen LogP contribution in [-0.2, 0) is 6.42 Å². The second-order valence-electron chi connectivity index (χ2n) is 14.1. The van der Waals surface area contributed by atoms with Gasteiger partial charge in [-0.05, 0) is 101 Å². The van der Waals surface area contributed by atoms with Crippen LogP contribution in [-0.4, -0.2) is 62.2 Å². The van der Waals surface area contributed by atoms with Crippen LogP contribution in [0.25, 0.3) is 11.0 Å². The first-order chi connectivity index (χ1) is 19.1. The van der Waals surface area contributed by atoms with Crippen LogP contribution in [0.15, 0.2) is 36.6 Å². The lowest BCUT2D eigenvalue weighted by atomic mass is 9.73. The lowest BCUT2D eigenvalue weighted by Gasteiger charge is -2.54. The molecule has 2 saturated carbocycles. The average molecular weight is 531 g/mol. The Morgan fingerprint density at radius 2 is 1.49 bits per heavy atom. The minimum atomic E-state index is 0.291. The molecule has 3 saturated heterocycles. The molecule has 6 atom stereocenters. The van der Waals surface area contributed by atoms with Gasteiger partial charge in [-0.25, -0.2) is 4.98 Å². The Balaban J connectivity index is 1.11. The third kappa shape index (κ3) is 5.43. The van der Waals surface area contributed by atoms with E-state index in [2.05, 4.69) is 45.2 Å². The van der Waals surface area contributed by atoms with Gasteiger partial charge in [-0.1, -0.05) is 50.8 Å². The van der Waals surface area contributed by atoms with Gasteiger partial charge >= 0.3 is 0 Å². The molecule has 1 aromatic heterocycles. The molecule has 7 rings (SSSR count). The molecule has 5 nitrogen and oxygen atoms in total. The highest BCUT2D eigenvalue weighted by Crippen LogP contribution is 2.47. The van der Waals surface area contributed by atoms with Gasteiger partial charge in [-0.15, -0.1) is 0 Å². The van der Waals surface area contributed by atoms with Gasteiger partial charge in [0.1, 0.15) is 5.82 Å². The van der Waals surface area contributed by atoms with Crippen molar-refractivity contribution >= 4 is 11.0 Å². The molecule has 1 N–H and O–H groups in total. The molecule has 39 heavy (non-hydrogen) atoms. The molecule has 5 fully saturated rings. The zero-order valence-electron chi connectivity index (χ0n) is 24.0. The molecule has 2 aromatic rings. The van der Waals surface area contributed by atoms with Gasteiger partial charge < -0.3 is 9.67 Å². The van der Waals surface area contributed by atoms with Crippen LogP contribution < -0.4 is 0 Å². The molecule has 4 heterocycles. The number of aromatic nitrogens is 2. The fourth-order valence-electron chi connectivity index (χ4n) is 9.82. The number of rotatable bonds is 6. The Labute approximate surface area is 235 Å². The lowest BCUT2D eigenvalue weighted by molar-refractivity contribution is -0.0420. The van der Waals surface area contributed by atoms with E-state index in [9.17, 15) is 5.11 Å². The highest BCUT2D eigenvalue weighted by molar-refractivity contribution is 5.76. The van der Waals surface area contributed by atoms with E-state index in [0.717, 1.165) is 49.5 Å². The van der Waals surface area contributed by atoms with E-state index in [1.807, 2.05) is 0 Å². The standard InChI is InChI=1S/C34H50N4O/c1-24(39)23-36-15-13-25(14-16-36)20-34-35-32-11-4-5-12-33(32)38(34)31-21-28-9-6-10-29(22-31)37(28)30-18-26-7-2-3-8-27(17-26)19-30/h4-5,11-12,25-31,39H,1-3,6-10,13-23H2/t26-,27+,28-,29+,30-,31+. The van der Waals surface area contributed by atoms with Gasteiger partial charge in [0.05, 0.1) is 23.3 Å². The predicted octanol–water partition coefficient (Wildman–Crippen LogP) is 7.28. The van der Waals surface area contributed by atoms with Crippen molar-refractivity contribution in [1.82, 2.24) is 19.4 Å². The van der Waals surface area contributed by atoms with E-state index < -0.39 is 0 Å². The normalized spacial score (nSPS) is 34.7. The molecule has 5 heteroatoms. The number of hydrogen-bond donors (Lipinski definition) is 1. The van der Waals surface area contributed by atoms with Crippen molar-refractivity contribution in [2.75, 3.05) is 19.6 Å². The molecule has 0 radical (unpaired) electrons. The van der Waals surface area contributed by atoms with Crippen molar-refractivity contribution in [2.24, 2.45) is 17.8 Å². The fourth-order valence-corrected chi connectivity index (χ4v) is 9.82. The van der Waals surface area contributed by atoms with Crippen LogP contribution >= 0.6 is 0 Å². The Morgan fingerprint density at radius 1 is 0.795 bits per heavy atom. The number of fused-ring (bicyclic) bond motifs is 5. The number of aliphatic hydroxyl groups is 1. The van der Waals surface area contributed by atoms with Crippen LogP contribution in [0.2, 0.25) is 0 Å². The molecule has 3 aliphatic heterocycles. The number of nitrogens with zero attached hydrogens (tertiary/aromatic N) is 4. The van der Waals surface area contributed by atoms with Crippen LogP contribution in [0.1, 0.15) is 102 Å². The highest BCUT2D eigenvalue weighted by Gasteiger charge is 2.45. The molecule has 2 aliphatic carbocycles. The first kappa shape index (κ1) is 26.1. The largest absolute Gasteiger partial charge is 0.512 e. The lowest BCUT2D eigenvalue weighted by Crippen LogP contribution is -2.58. The van der Waals surface area contributed by atoms with Gasteiger partial charge in [0.25, 0.3) is 0 Å². The van der Waals surface area contributed by atoms with Crippen molar-refractivity contribution in [3.8, 4) is 0 Å². The molecule has 0 spiro atoms. The Morgan fingerprint density at radius 3 is 2.18 bits per heavy atom. The Hall–Kier alpha value is -1.85. The van der Waals surface area contributed by atoms with Crippen molar-refractivity contribution in [1.29, 1.82) is 0 Å². The number of para-hydroxylation sites is 2. The fraction of sp³-hybridized carbons (Fsp3) is 0.735. The summed E-state index contributed by atoms with van der Waals surface area (Å²) in [6, 6.07) is 11.9. The van der Waals surface area contributed by atoms with E-state index in [4.69, 9.17) is 4.98 Å². The number of benzene rings is 1. The Kier molecular flexibility index (Phi) is 7.49. The van der Waals surface area contributed by atoms with Crippen LogP contribution in [0.4, 0.5) is 0 Å². The summed E-state index contributed by atoms with van der Waals surface area (Å²) < 4.78 is 2.72. The van der Waals surface area contributed by atoms with Gasteiger partial charge in [0.2, 0.25) is 0 Å². The second-order valence-corrected chi connectivity index (χ2v) is 14.1. The molecule has 5 aliphatic rings. The van der Waals surface area contributed by atoms with Crippen molar-refractivity contribution in [3.05, 3.63) is 42.4 Å². The van der Waals surface area contributed by atoms with Gasteiger partial charge in [-0.3, -0.25) is 9.80 Å². The summed E-state index contributed by atoms with van der Waals surface area (Å²) >= 11 is 0. The summed E-state index contributed by atoms with van der Waals surface area (Å²) in [6.07, 6.45) is 20.8. The van der Waals surface area contributed by atoms with Gasteiger partial charge in [-0.2, -0.15) is 0 Å². The third-order valence-corrected chi connectivity index (χ3v) is 11.4. The molecule has 4 bridgehead atoms. The zero-order chi connectivity index (χ0) is 26.3. The number of aliphatic hydroxyl groups excluding tert-OH is 1. The number of piperidine rings is 3. The Bertz CT molecular complexity index is 1120. The minimum absolute atomic E-state index is 0.291. The third-order valence-electron chi connectivity index (χ3n) is 11.4. The van der Waals surface area contributed by atoms with Crippen molar-refractivity contribution in [3.63, 3.8) is 0 Å². The first-order valence-corrected chi connectivity index (χ1v) is 16.4. The molecule has 0 unspecified atom stereocenters. The maximum Gasteiger partial charge on any atom is 0.110 e. The topological polar surface area (TPSA) is 44.5 Å². The minimum Gasteiger partial charge on any atom is -0.512 e. The van der Waals surface area contributed by atoms with E-state index in [1.165, 1.54) is 107 Å². The van der Waals surface area contributed by atoms with E-state index in [0.29, 0.717) is 24.3 Å². The first-order valence-electron chi connectivity index (χ1n) is 16.4. The van der Waals surface area contributed by atoms with E-state index in [-0.39, 0.29) is 0 Å². The maximum absolute atomic E-state index is 9.64. The van der Waals surface area contributed by atoms with Crippen LogP contribution in [0.3, 0.4) is 0 Å². The summed E-state index contributed by atoms with van der Waals surface area (Å²) in [5.74, 6) is 4.30. The highest BCUT2D eigenvalue weighted by atomic mass is 16.3.